The van der Waals surface area contributed by atoms with E-state index in [1.165, 1.54) is 12.8 Å². The van der Waals surface area contributed by atoms with Gasteiger partial charge < -0.3 is 10.0 Å². The number of rotatable bonds is 8. The molecule has 0 radical (unpaired) electrons. The zero-order chi connectivity index (χ0) is 11.9. The molecule has 0 aromatic carbocycles. The van der Waals surface area contributed by atoms with Gasteiger partial charge >= 0.3 is 5.97 Å². The van der Waals surface area contributed by atoms with Crippen molar-refractivity contribution in [3.8, 4) is 0 Å². The summed E-state index contributed by atoms with van der Waals surface area (Å²) >= 11 is 0. The highest BCUT2D eigenvalue weighted by molar-refractivity contribution is 5.73. The van der Waals surface area contributed by atoms with Crippen molar-refractivity contribution in [1.29, 1.82) is 0 Å². The molecule has 3 heteroatoms. The summed E-state index contributed by atoms with van der Waals surface area (Å²) in [5.41, 5.74) is -0.578. The van der Waals surface area contributed by atoms with Gasteiger partial charge in [-0.05, 0) is 53.2 Å². The molecule has 0 heterocycles. The topological polar surface area (TPSA) is 40.5 Å². The number of hydrogen-bond donors (Lipinski definition) is 1. The summed E-state index contributed by atoms with van der Waals surface area (Å²) in [5.74, 6) is -0.696. The molecule has 0 saturated carbocycles. The van der Waals surface area contributed by atoms with Gasteiger partial charge in [0, 0.05) is 0 Å². The maximum atomic E-state index is 10.9. The third-order valence-electron chi connectivity index (χ3n) is 2.81. The van der Waals surface area contributed by atoms with Gasteiger partial charge in [-0.1, -0.05) is 13.3 Å². The molecule has 0 aliphatic rings. The molecule has 0 aromatic rings. The van der Waals surface area contributed by atoms with Gasteiger partial charge in [0.05, 0.1) is 5.41 Å². The summed E-state index contributed by atoms with van der Waals surface area (Å²) in [7, 11) is 2.10. The molecular weight excluding hydrogens is 190 g/mol. The molecule has 0 rings (SSSR count). The summed E-state index contributed by atoms with van der Waals surface area (Å²) in [5, 5.41) is 8.93. The molecule has 0 aliphatic heterocycles. The first-order valence-corrected chi connectivity index (χ1v) is 5.82. The Morgan fingerprint density at radius 2 is 1.80 bits per heavy atom. The second kappa shape index (κ2) is 6.83. The van der Waals surface area contributed by atoms with Crippen molar-refractivity contribution in [3.63, 3.8) is 0 Å². The van der Waals surface area contributed by atoms with E-state index >= 15 is 0 Å². The molecule has 0 aromatic heterocycles. The Morgan fingerprint density at radius 3 is 2.27 bits per heavy atom. The van der Waals surface area contributed by atoms with E-state index in [9.17, 15) is 4.79 Å². The third kappa shape index (κ3) is 6.50. The fourth-order valence-electron chi connectivity index (χ4n) is 1.44. The Labute approximate surface area is 93.5 Å². The van der Waals surface area contributed by atoms with Gasteiger partial charge in [0.15, 0.2) is 0 Å². The minimum Gasteiger partial charge on any atom is -0.481 e. The molecule has 15 heavy (non-hydrogen) atoms. The standard InChI is InChI=1S/C12H25NO2/c1-5-6-9-13(4)10-7-8-12(2,3)11(14)15/h5-10H2,1-4H3,(H,14,15). The van der Waals surface area contributed by atoms with Crippen LogP contribution in [0, 0.1) is 5.41 Å². The van der Waals surface area contributed by atoms with Crippen LogP contribution in [-0.2, 0) is 4.79 Å². The average Bonchev–Trinajstić information content (AvgIpc) is 2.14. The molecule has 0 amide bonds. The summed E-state index contributed by atoms with van der Waals surface area (Å²) in [6, 6.07) is 0. The lowest BCUT2D eigenvalue weighted by molar-refractivity contribution is -0.147. The predicted octanol–water partition coefficient (Wildman–Crippen LogP) is 2.61. The normalized spacial score (nSPS) is 12.1. The van der Waals surface area contributed by atoms with Gasteiger partial charge in [0.1, 0.15) is 0 Å². The Bertz CT molecular complexity index is 190. The van der Waals surface area contributed by atoms with Gasteiger partial charge in [0.2, 0.25) is 0 Å². The molecular formula is C12H25NO2. The van der Waals surface area contributed by atoms with Crippen molar-refractivity contribution in [2.45, 2.75) is 46.5 Å². The minimum atomic E-state index is -0.696. The van der Waals surface area contributed by atoms with E-state index in [1.807, 2.05) is 0 Å². The number of unbranched alkanes of at least 4 members (excludes halogenated alkanes) is 1. The molecule has 3 nitrogen and oxygen atoms in total. The van der Waals surface area contributed by atoms with E-state index in [1.54, 1.807) is 13.8 Å². The maximum Gasteiger partial charge on any atom is 0.309 e. The zero-order valence-corrected chi connectivity index (χ0v) is 10.5. The molecule has 0 saturated heterocycles. The highest BCUT2D eigenvalue weighted by Gasteiger charge is 2.26. The maximum absolute atomic E-state index is 10.9. The lowest BCUT2D eigenvalue weighted by Crippen LogP contribution is -2.26. The van der Waals surface area contributed by atoms with E-state index in [0.717, 1.165) is 25.9 Å². The van der Waals surface area contributed by atoms with Crippen LogP contribution >= 0.6 is 0 Å². The second-order valence-electron chi connectivity index (χ2n) is 4.95. The van der Waals surface area contributed by atoms with Crippen molar-refractivity contribution in [2.75, 3.05) is 20.1 Å². The molecule has 0 aliphatic carbocycles. The number of carboxylic acid groups (broad SMARTS) is 1. The highest BCUT2D eigenvalue weighted by atomic mass is 16.4. The summed E-state index contributed by atoms with van der Waals surface area (Å²) < 4.78 is 0. The first kappa shape index (κ1) is 14.4. The number of hydrogen-bond acceptors (Lipinski definition) is 2. The van der Waals surface area contributed by atoms with Crippen molar-refractivity contribution >= 4 is 5.97 Å². The predicted molar refractivity (Wildman–Crippen MR) is 63.1 cm³/mol. The lowest BCUT2D eigenvalue weighted by atomic mass is 9.88. The Hall–Kier alpha value is -0.570. The Morgan fingerprint density at radius 1 is 1.27 bits per heavy atom. The third-order valence-corrected chi connectivity index (χ3v) is 2.81. The molecule has 0 atom stereocenters. The molecule has 0 unspecified atom stereocenters. The van der Waals surface area contributed by atoms with Crippen molar-refractivity contribution in [1.82, 2.24) is 4.90 Å². The van der Waals surface area contributed by atoms with Crippen LogP contribution in [0.3, 0.4) is 0 Å². The van der Waals surface area contributed by atoms with Crippen LogP contribution in [0.25, 0.3) is 0 Å². The molecule has 0 fully saturated rings. The van der Waals surface area contributed by atoms with Crippen LogP contribution < -0.4 is 0 Å². The number of carbonyl (C=O) groups is 1. The van der Waals surface area contributed by atoms with Crippen molar-refractivity contribution in [3.05, 3.63) is 0 Å². The Kier molecular flexibility index (Phi) is 6.57. The number of nitrogens with zero attached hydrogens (tertiary/aromatic N) is 1. The van der Waals surface area contributed by atoms with Gasteiger partial charge in [-0.15, -0.1) is 0 Å². The quantitative estimate of drug-likeness (QED) is 0.676. The lowest BCUT2D eigenvalue weighted by Gasteiger charge is -2.21. The van der Waals surface area contributed by atoms with E-state index in [4.69, 9.17) is 5.11 Å². The largest absolute Gasteiger partial charge is 0.481 e. The average molecular weight is 215 g/mol. The highest BCUT2D eigenvalue weighted by Crippen LogP contribution is 2.22. The van der Waals surface area contributed by atoms with E-state index < -0.39 is 11.4 Å². The first-order chi connectivity index (χ1) is 6.90. The first-order valence-electron chi connectivity index (χ1n) is 5.82. The SMILES string of the molecule is CCCCN(C)CCCC(C)(C)C(=O)O. The Balaban J connectivity index is 3.65. The molecule has 90 valence electrons. The van der Waals surface area contributed by atoms with Gasteiger partial charge in [-0.3, -0.25) is 4.79 Å². The van der Waals surface area contributed by atoms with Crippen molar-refractivity contribution in [2.24, 2.45) is 5.41 Å². The summed E-state index contributed by atoms with van der Waals surface area (Å²) in [6.45, 7) is 7.88. The van der Waals surface area contributed by atoms with Crippen LogP contribution in [0.5, 0.6) is 0 Å². The van der Waals surface area contributed by atoms with E-state index in [2.05, 4.69) is 18.9 Å². The van der Waals surface area contributed by atoms with E-state index in [-0.39, 0.29) is 0 Å². The van der Waals surface area contributed by atoms with Gasteiger partial charge in [-0.2, -0.15) is 0 Å². The van der Waals surface area contributed by atoms with Gasteiger partial charge in [-0.25, -0.2) is 0 Å². The van der Waals surface area contributed by atoms with Gasteiger partial charge in [0.25, 0.3) is 0 Å². The fraction of sp³-hybridized carbons (Fsp3) is 0.917. The van der Waals surface area contributed by atoms with Crippen molar-refractivity contribution < 1.29 is 9.90 Å². The fourth-order valence-corrected chi connectivity index (χ4v) is 1.44. The zero-order valence-electron chi connectivity index (χ0n) is 10.5. The molecule has 1 N–H and O–H groups in total. The monoisotopic (exact) mass is 215 g/mol. The molecule has 0 spiro atoms. The van der Waals surface area contributed by atoms with Crippen LogP contribution in [0.4, 0.5) is 0 Å². The summed E-state index contributed by atoms with van der Waals surface area (Å²) in [4.78, 5) is 13.1. The smallest absolute Gasteiger partial charge is 0.309 e. The van der Waals surface area contributed by atoms with Crippen LogP contribution in [0.15, 0.2) is 0 Å². The summed E-state index contributed by atoms with van der Waals surface area (Å²) in [6.07, 6.45) is 4.14. The second-order valence-corrected chi connectivity index (χ2v) is 4.95. The molecule has 0 bridgehead atoms. The minimum absolute atomic E-state index is 0.578. The van der Waals surface area contributed by atoms with Crippen LogP contribution in [0.1, 0.15) is 46.5 Å². The van der Waals surface area contributed by atoms with E-state index in [0.29, 0.717) is 0 Å². The number of carboxylic acids is 1. The number of aliphatic carboxylic acids is 1. The van der Waals surface area contributed by atoms with Crippen LogP contribution in [0.2, 0.25) is 0 Å². The van der Waals surface area contributed by atoms with Crippen LogP contribution in [-0.4, -0.2) is 36.1 Å².